The average molecular weight is 272 g/mol. The molecule has 0 radical (unpaired) electrons. The molecule has 1 aromatic carbocycles. The lowest BCUT2D eigenvalue weighted by Crippen LogP contribution is -2.41. The van der Waals surface area contributed by atoms with Gasteiger partial charge in [-0.1, -0.05) is 30.3 Å². The summed E-state index contributed by atoms with van der Waals surface area (Å²) >= 11 is 0. The number of hydrogen-bond acceptors (Lipinski definition) is 3. The summed E-state index contributed by atoms with van der Waals surface area (Å²) in [6.45, 7) is 7.03. The van der Waals surface area contributed by atoms with Crippen molar-refractivity contribution in [3.63, 3.8) is 0 Å². The van der Waals surface area contributed by atoms with Crippen LogP contribution in [-0.4, -0.2) is 18.1 Å². The fraction of sp³-hybridized carbons (Fsp3) is 0.500. The molecular weight excluding hydrogens is 250 g/mol. The maximum atomic E-state index is 11.4. The van der Waals surface area contributed by atoms with Crippen LogP contribution >= 0.6 is 12.4 Å². The maximum absolute atomic E-state index is 11.4. The Kier molecular flexibility index (Phi) is 7.64. The smallest absolute Gasteiger partial charge is 0.307 e. The Morgan fingerprint density at radius 3 is 2.44 bits per heavy atom. The third-order valence-corrected chi connectivity index (χ3v) is 2.51. The Hall–Kier alpha value is -1.06. The summed E-state index contributed by atoms with van der Waals surface area (Å²) in [4.78, 5) is 11.4. The van der Waals surface area contributed by atoms with E-state index in [-0.39, 0.29) is 23.9 Å². The van der Waals surface area contributed by atoms with E-state index in [1.54, 1.807) is 0 Å². The highest BCUT2D eigenvalue weighted by atomic mass is 35.5. The van der Waals surface area contributed by atoms with Gasteiger partial charge in [0.25, 0.3) is 0 Å². The van der Waals surface area contributed by atoms with Gasteiger partial charge >= 0.3 is 5.97 Å². The molecule has 0 saturated carbocycles. The summed E-state index contributed by atoms with van der Waals surface area (Å²) in [5.41, 5.74) is 0.965. The van der Waals surface area contributed by atoms with E-state index in [9.17, 15) is 4.79 Å². The molecule has 0 aliphatic rings. The molecule has 0 amide bonds. The Bertz CT molecular complexity index is 352. The molecule has 3 nitrogen and oxygen atoms in total. The summed E-state index contributed by atoms with van der Waals surface area (Å²) in [7, 11) is 0. The molecule has 0 aliphatic carbocycles. The van der Waals surface area contributed by atoms with Gasteiger partial charge in [0.05, 0.1) is 13.0 Å². The van der Waals surface area contributed by atoms with E-state index >= 15 is 0 Å². The first-order valence-electron chi connectivity index (χ1n) is 5.98. The van der Waals surface area contributed by atoms with Crippen LogP contribution in [0.1, 0.15) is 32.8 Å². The molecule has 1 N–H and O–H groups in total. The van der Waals surface area contributed by atoms with Crippen LogP contribution in [0, 0.1) is 0 Å². The van der Waals surface area contributed by atoms with E-state index in [2.05, 4.69) is 17.4 Å². The molecule has 0 aromatic heterocycles. The van der Waals surface area contributed by atoms with Crippen molar-refractivity contribution in [2.24, 2.45) is 0 Å². The highest BCUT2D eigenvalue weighted by molar-refractivity contribution is 5.85. The van der Waals surface area contributed by atoms with Crippen molar-refractivity contribution in [3.05, 3.63) is 35.9 Å². The molecule has 0 atom stereocenters. The number of ether oxygens (including phenoxy) is 1. The van der Waals surface area contributed by atoms with Crippen LogP contribution in [0.15, 0.2) is 30.3 Å². The standard InChI is InChI=1S/C14H21NO2.ClH/c1-4-17-13(16)10-14(2,3)15-11-12-8-6-5-7-9-12;/h5-9,15H,4,10-11H2,1-3H3;1H. The van der Waals surface area contributed by atoms with Gasteiger partial charge in [0, 0.05) is 12.1 Å². The Morgan fingerprint density at radius 1 is 1.28 bits per heavy atom. The Balaban J connectivity index is 0.00000289. The van der Waals surface area contributed by atoms with Crippen LogP contribution in [0.5, 0.6) is 0 Å². The van der Waals surface area contributed by atoms with Gasteiger partial charge in [-0.15, -0.1) is 12.4 Å². The van der Waals surface area contributed by atoms with E-state index in [1.165, 1.54) is 5.56 Å². The van der Waals surface area contributed by atoms with Crippen molar-refractivity contribution < 1.29 is 9.53 Å². The van der Waals surface area contributed by atoms with E-state index in [0.717, 1.165) is 6.54 Å². The Labute approximate surface area is 115 Å². The monoisotopic (exact) mass is 271 g/mol. The van der Waals surface area contributed by atoms with Crippen LogP contribution in [0.4, 0.5) is 0 Å². The minimum absolute atomic E-state index is 0. The molecule has 0 saturated heterocycles. The lowest BCUT2D eigenvalue weighted by atomic mass is 10.0. The minimum atomic E-state index is -0.248. The average Bonchev–Trinajstić information content (AvgIpc) is 2.27. The zero-order valence-corrected chi connectivity index (χ0v) is 12.0. The van der Waals surface area contributed by atoms with Gasteiger partial charge in [-0.25, -0.2) is 0 Å². The summed E-state index contributed by atoms with van der Waals surface area (Å²) in [6, 6.07) is 10.1. The first-order valence-corrected chi connectivity index (χ1v) is 5.98. The Morgan fingerprint density at radius 2 is 1.89 bits per heavy atom. The fourth-order valence-electron chi connectivity index (χ4n) is 1.57. The highest BCUT2D eigenvalue weighted by Crippen LogP contribution is 2.11. The summed E-state index contributed by atoms with van der Waals surface area (Å²) < 4.78 is 4.95. The van der Waals surface area contributed by atoms with Gasteiger partial charge in [-0.05, 0) is 26.3 Å². The second-order valence-electron chi connectivity index (χ2n) is 4.70. The number of hydrogen-bond donors (Lipinski definition) is 1. The quantitative estimate of drug-likeness (QED) is 0.809. The van der Waals surface area contributed by atoms with Gasteiger partial charge in [-0.2, -0.15) is 0 Å². The first-order chi connectivity index (χ1) is 8.03. The van der Waals surface area contributed by atoms with E-state index in [1.807, 2.05) is 39.0 Å². The van der Waals surface area contributed by atoms with Crippen LogP contribution in [0.2, 0.25) is 0 Å². The molecule has 0 aliphatic heterocycles. The fourth-order valence-corrected chi connectivity index (χ4v) is 1.57. The van der Waals surface area contributed by atoms with E-state index < -0.39 is 0 Å². The predicted octanol–water partition coefficient (Wildman–Crippen LogP) is 2.93. The predicted molar refractivity (Wildman–Crippen MR) is 75.9 cm³/mol. The molecule has 18 heavy (non-hydrogen) atoms. The van der Waals surface area contributed by atoms with Gasteiger partial charge in [0.2, 0.25) is 0 Å². The maximum Gasteiger partial charge on any atom is 0.307 e. The van der Waals surface area contributed by atoms with Crippen LogP contribution in [0.25, 0.3) is 0 Å². The van der Waals surface area contributed by atoms with Gasteiger partial charge in [-0.3, -0.25) is 4.79 Å². The molecule has 0 spiro atoms. The molecule has 1 rings (SSSR count). The van der Waals surface area contributed by atoms with Crippen molar-refractivity contribution in [2.75, 3.05) is 6.61 Å². The lowest BCUT2D eigenvalue weighted by Gasteiger charge is -2.25. The molecule has 102 valence electrons. The van der Waals surface area contributed by atoms with Crippen molar-refractivity contribution in [1.29, 1.82) is 0 Å². The second kappa shape index (κ2) is 8.11. The number of esters is 1. The van der Waals surface area contributed by atoms with E-state index in [0.29, 0.717) is 13.0 Å². The number of carbonyl (C=O) groups is 1. The van der Waals surface area contributed by atoms with E-state index in [4.69, 9.17) is 4.74 Å². The zero-order valence-electron chi connectivity index (χ0n) is 11.2. The third-order valence-electron chi connectivity index (χ3n) is 2.51. The minimum Gasteiger partial charge on any atom is -0.466 e. The topological polar surface area (TPSA) is 38.3 Å². The molecule has 4 heteroatoms. The number of carbonyl (C=O) groups excluding carboxylic acids is 1. The lowest BCUT2D eigenvalue weighted by molar-refractivity contribution is -0.144. The first kappa shape index (κ1) is 16.9. The van der Waals surface area contributed by atoms with Gasteiger partial charge in [0.15, 0.2) is 0 Å². The van der Waals surface area contributed by atoms with Gasteiger partial charge < -0.3 is 10.1 Å². The van der Waals surface area contributed by atoms with Crippen molar-refractivity contribution in [3.8, 4) is 0 Å². The van der Waals surface area contributed by atoms with Crippen molar-refractivity contribution in [1.82, 2.24) is 5.32 Å². The third kappa shape index (κ3) is 6.62. The van der Waals surface area contributed by atoms with Gasteiger partial charge in [0.1, 0.15) is 0 Å². The molecule has 0 bridgehead atoms. The number of benzene rings is 1. The molecule has 1 aromatic rings. The number of nitrogens with one attached hydrogen (secondary N) is 1. The number of halogens is 1. The molecule has 0 fully saturated rings. The summed E-state index contributed by atoms with van der Waals surface area (Å²) in [5, 5.41) is 3.36. The van der Waals surface area contributed by atoms with Crippen molar-refractivity contribution >= 4 is 18.4 Å². The second-order valence-corrected chi connectivity index (χ2v) is 4.70. The zero-order chi connectivity index (χ0) is 12.7. The molecular formula is C14H22ClNO2. The largest absolute Gasteiger partial charge is 0.466 e. The van der Waals surface area contributed by atoms with Crippen LogP contribution in [-0.2, 0) is 16.1 Å². The molecule has 0 unspecified atom stereocenters. The van der Waals surface area contributed by atoms with Crippen molar-refractivity contribution in [2.45, 2.75) is 39.3 Å². The molecule has 0 heterocycles. The van der Waals surface area contributed by atoms with Crippen LogP contribution in [0.3, 0.4) is 0 Å². The van der Waals surface area contributed by atoms with Crippen LogP contribution < -0.4 is 5.32 Å². The summed E-state index contributed by atoms with van der Waals surface area (Å²) in [5.74, 6) is -0.155. The SMILES string of the molecule is CCOC(=O)CC(C)(C)NCc1ccccc1.Cl. The normalized spacial score (nSPS) is 10.6. The number of rotatable bonds is 6. The summed E-state index contributed by atoms with van der Waals surface area (Å²) in [6.07, 6.45) is 0.383. The highest BCUT2D eigenvalue weighted by Gasteiger charge is 2.21.